The van der Waals surface area contributed by atoms with E-state index >= 15 is 0 Å². The lowest BCUT2D eigenvalue weighted by Gasteiger charge is -2.26. The highest BCUT2D eigenvalue weighted by molar-refractivity contribution is 14.0. The van der Waals surface area contributed by atoms with Gasteiger partial charge in [-0.3, -0.25) is 4.90 Å². The third-order valence-corrected chi connectivity index (χ3v) is 5.24. The number of aromatic nitrogens is 1. The largest absolute Gasteiger partial charge is 0.359 e. The number of piperidine rings is 1. The van der Waals surface area contributed by atoms with Gasteiger partial charge in [0.05, 0.1) is 18.8 Å². The van der Waals surface area contributed by atoms with Crippen LogP contribution in [0, 0.1) is 0 Å². The second-order valence-corrected chi connectivity index (χ2v) is 8.07. The second kappa shape index (κ2) is 12.9. The van der Waals surface area contributed by atoms with Gasteiger partial charge in [0.15, 0.2) is 11.7 Å². The molecule has 2 heterocycles. The van der Waals surface area contributed by atoms with Crippen molar-refractivity contribution >= 4 is 29.9 Å². The number of hydrogen-bond donors (Lipinski definition) is 2. The van der Waals surface area contributed by atoms with Crippen molar-refractivity contribution in [3.05, 3.63) is 52.9 Å². The van der Waals surface area contributed by atoms with E-state index in [-0.39, 0.29) is 24.0 Å². The Bertz CT molecular complexity index is 766. The Morgan fingerprint density at radius 2 is 1.80 bits per heavy atom. The van der Waals surface area contributed by atoms with Gasteiger partial charge in [0.1, 0.15) is 0 Å². The van der Waals surface area contributed by atoms with E-state index in [9.17, 15) is 0 Å². The maximum Gasteiger partial charge on any atom is 0.191 e. The minimum absolute atomic E-state index is 0. The highest BCUT2D eigenvalue weighted by Gasteiger charge is 2.10. The average molecular weight is 525 g/mol. The summed E-state index contributed by atoms with van der Waals surface area (Å²) in [5, 5.41) is 10.7. The SMILES string of the molecule is CCNC(=NCc1ccc(CN2CCCCC2)cc1)NCc1cc(C(C)C)no1.I. The fourth-order valence-electron chi connectivity index (χ4n) is 3.49. The number of nitrogens with zero attached hydrogens (tertiary/aromatic N) is 3. The molecule has 0 aliphatic carbocycles. The van der Waals surface area contributed by atoms with Crippen LogP contribution in [-0.2, 0) is 19.6 Å². The lowest BCUT2D eigenvalue weighted by Crippen LogP contribution is -2.36. The van der Waals surface area contributed by atoms with Gasteiger partial charge in [0, 0.05) is 19.2 Å². The molecular formula is C23H36IN5O. The zero-order valence-corrected chi connectivity index (χ0v) is 20.8. The number of guanidine groups is 1. The molecule has 1 aromatic carbocycles. The first-order chi connectivity index (χ1) is 14.1. The summed E-state index contributed by atoms with van der Waals surface area (Å²) in [5.74, 6) is 1.97. The van der Waals surface area contributed by atoms with E-state index in [1.165, 1.54) is 43.5 Å². The highest BCUT2D eigenvalue weighted by Crippen LogP contribution is 2.15. The van der Waals surface area contributed by atoms with E-state index in [0.29, 0.717) is 19.0 Å². The van der Waals surface area contributed by atoms with Gasteiger partial charge in [0.25, 0.3) is 0 Å². The molecule has 0 amide bonds. The summed E-state index contributed by atoms with van der Waals surface area (Å²) in [4.78, 5) is 7.26. The number of benzene rings is 1. The minimum atomic E-state index is 0. The molecule has 1 fully saturated rings. The molecule has 0 saturated carbocycles. The molecule has 2 aromatic rings. The molecule has 30 heavy (non-hydrogen) atoms. The molecule has 1 saturated heterocycles. The van der Waals surface area contributed by atoms with Crippen LogP contribution in [-0.4, -0.2) is 35.7 Å². The van der Waals surface area contributed by atoms with Gasteiger partial charge < -0.3 is 15.2 Å². The van der Waals surface area contributed by atoms with Crippen LogP contribution in [0.4, 0.5) is 0 Å². The average Bonchev–Trinajstić information content (AvgIpc) is 3.21. The Labute approximate surface area is 197 Å². The fourth-order valence-corrected chi connectivity index (χ4v) is 3.49. The van der Waals surface area contributed by atoms with Crippen LogP contribution < -0.4 is 10.6 Å². The predicted molar refractivity (Wildman–Crippen MR) is 133 cm³/mol. The molecule has 3 rings (SSSR count). The minimum Gasteiger partial charge on any atom is -0.359 e. The summed E-state index contributed by atoms with van der Waals surface area (Å²) in [6, 6.07) is 10.9. The summed E-state index contributed by atoms with van der Waals surface area (Å²) in [5.41, 5.74) is 3.58. The predicted octanol–water partition coefficient (Wildman–Crippen LogP) is 4.66. The van der Waals surface area contributed by atoms with Crippen molar-refractivity contribution < 1.29 is 4.52 Å². The molecule has 0 atom stereocenters. The Hall–Kier alpha value is -1.61. The Morgan fingerprint density at radius 3 is 2.43 bits per heavy atom. The van der Waals surface area contributed by atoms with Gasteiger partial charge in [-0.25, -0.2) is 4.99 Å². The van der Waals surface area contributed by atoms with Crippen LogP contribution in [0.3, 0.4) is 0 Å². The molecule has 0 spiro atoms. The van der Waals surface area contributed by atoms with Crippen LogP contribution in [0.2, 0.25) is 0 Å². The monoisotopic (exact) mass is 525 g/mol. The van der Waals surface area contributed by atoms with Crippen molar-refractivity contribution in [3.63, 3.8) is 0 Å². The molecule has 2 N–H and O–H groups in total. The van der Waals surface area contributed by atoms with Gasteiger partial charge >= 0.3 is 0 Å². The van der Waals surface area contributed by atoms with Crippen molar-refractivity contribution in [2.45, 2.75) is 65.6 Å². The molecule has 0 bridgehead atoms. The van der Waals surface area contributed by atoms with E-state index in [1.54, 1.807) is 0 Å². The van der Waals surface area contributed by atoms with Crippen LogP contribution >= 0.6 is 24.0 Å². The lowest BCUT2D eigenvalue weighted by molar-refractivity contribution is 0.221. The van der Waals surface area contributed by atoms with Gasteiger partial charge in [-0.15, -0.1) is 24.0 Å². The summed E-state index contributed by atoms with van der Waals surface area (Å²) >= 11 is 0. The summed E-state index contributed by atoms with van der Waals surface area (Å²) in [6.45, 7) is 11.8. The molecule has 1 aliphatic rings. The van der Waals surface area contributed by atoms with E-state index in [1.807, 2.05) is 6.07 Å². The molecule has 0 radical (unpaired) electrons. The van der Waals surface area contributed by atoms with Gasteiger partial charge in [-0.05, 0) is 49.9 Å². The first-order valence-corrected chi connectivity index (χ1v) is 10.9. The number of halogens is 1. The zero-order chi connectivity index (χ0) is 20.5. The quantitative estimate of drug-likeness (QED) is 0.298. The van der Waals surface area contributed by atoms with Gasteiger partial charge in [0.2, 0.25) is 0 Å². The summed E-state index contributed by atoms with van der Waals surface area (Å²) in [7, 11) is 0. The first kappa shape index (κ1) is 24.7. The van der Waals surface area contributed by atoms with Gasteiger partial charge in [-0.2, -0.15) is 0 Å². The first-order valence-electron chi connectivity index (χ1n) is 10.9. The Morgan fingerprint density at radius 1 is 1.10 bits per heavy atom. The normalized spacial score (nSPS) is 15.1. The Kier molecular flexibility index (Phi) is 10.6. The molecule has 6 nitrogen and oxygen atoms in total. The molecule has 166 valence electrons. The number of nitrogens with one attached hydrogen (secondary N) is 2. The number of rotatable bonds is 8. The van der Waals surface area contributed by atoms with Crippen molar-refractivity contribution in [2.75, 3.05) is 19.6 Å². The molecular weight excluding hydrogens is 489 g/mol. The third-order valence-electron chi connectivity index (χ3n) is 5.24. The molecule has 1 aromatic heterocycles. The van der Waals surface area contributed by atoms with E-state index in [0.717, 1.165) is 30.5 Å². The van der Waals surface area contributed by atoms with E-state index < -0.39 is 0 Å². The Balaban J connectivity index is 0.00000320. The summed E-state index contributed by atoms with van der Waals surface area (Å²) in [6.07, 6.45) is 4.05. The maximum absolute atomic E-state index is 5.39. The topological polar surface area (TPSA) is 65.7 Å². The fraction of sp³-hybridized carbons (Fsp3) is 0.565. The smallest absolute Gasteiger partial charge is 0.191 e. The maximum atomic E-state index is 5.39. The van der Waals surface area contributed by atoms with E-state index in [4.69, 9.17) is 9.52 Å². The van der Waals surface area contributed by atoms with E-state index in [2.05, 4.69) is 65.7 Å². The van der Waals surface area contributed by atoms with Crippen molar-refractivity contribution in [3.8, 4) is 0 Å². The number of likely N-dealkylation sites (tertiary alicyclic amines) is 1. The zero-order valence-electron chi connectivity index (χ0n) is 18.5. The van der Waals surface area contributed by atoms with Crippen molar-refractivity contribution in [1.82, 2.24) is 20.7 Å². The standard InChI is InChI=1S/C23H35N5O.HI/c1-4-24-23(26-16-21-14-22(18(2)3)27-29-21)25-15-19-8-10-20(11-9-19)17-28-12-6-5-7-13-28;/h8-11,14,18H,4-7,12-13,15-17H2,1-3H3,(H2,24,25,26);1H. The van der Waals surface area contributed by atoms with Crippen LogP contribution in [0.25, 0.3) is 0 Å². The van der Waals surface area contributed by atoms with Crippen LogP contribution in [0.1, 0.15) is 68.5 Å². The van der Waals surface area contributed by atoms with Gasteiger partial charge in [-0.1, -0.05) is 49.7 Å². The highest BCUT2D eigenvalue weighted by atomic mass is 127. The number of aliphatic imine (C=N–C) groups is 1. The van der Waals surface area contributed by atoms with Crippen LogP contribution in [0.5, 0.6) is 0 Å². The molecule has 7 heteroatoms. The third kappa shape index (κ3) is 7.91. The number of hydrogen-bond acceptors (Lipinski definition) is 4. The van der Waals surface area contributed by atoms with Crippen molar-refractivity contribution in [1.29, 1.82) is 0 Å². The van der Waals surface area contributed by atoms with Crippen molar-refractivity contribution in [2.24, 2.45) is 4.99 Å². The molecule has 1 aliphatic heterocycles. The summed E-state index contributed by atoms with van der Waals surface area (Å²) < 4.78 is 5.39. The molecule has 0 unspecified atom stereocenters. The lowest BCUT2D eigenvalue weighted by atomic mass is 10.1. The van der Waals surface area contributed by atoms with Crippen LogP contribution in [0.15, 0.2) is 39.8 Å². The second-order valence-electron chi connectivity index (χ2n) is 8.07.